The first kappa shape index (κ1) is 9.27. The van der Waals surface area contributed by atoms with Gasteiger partial charge in [0.1, 0.15) is 5.82 Å². The van der Waals surface area contributed by atoms with Gasteiger partial charge >= 0.3 is 0 Å². The number of aromatic amines is 1. The van der Waals surface area contributed by atoms with Crippen molar-refractivity contribution < 1.29 is 9.90 Å². The lowest BCUT2D eigenvalue weighted by molar-refractivity contribution is 0.111. The second kappa shape index (κ2) is 3.84. The number of aldehydes is 1. The maximum absolute atomic E-state index is 10.5. The number of H-pyrrole nitrogens is 1. The van der Waals surface area contributed by atoms with Crippen LogP contribution < -0.4 is 4.90 Å². The minimum Gasteiger partial charge on any atom is -0.393 e. The molecule has 0 amide bonds. The predicted octanol–water partition coefficient (Wildman–Crippen LogP) is 0.788. The van der Waals surface area contributed by atoms with Gasteiger partial charge in [-0.1, -0.05) is 0 Å². The van der Waals surface area contributed by atoms with Crippen molar-refractivity contribution in [3.8, 4) is 0 Å². The van der Waals surface area contributed by atoms with Crippen LogP contribution in [0, 0.1) is 0 Å². The van der Waals surface area contributed by atoms with Crippen LogP contribution in [0.5, 0.6) is 0 Å². The van der Waals surface area contributed by atoms with Crippen molar-refractivity contribution >= 4 is 12.1 Å². The van der Waals surface area contributed by atoms with Crippen molar-refractivity contribution in [3.63, 3.8) is 0 Å². The lowest BCUT2D eigenvalue weighted by Crippen LogP contribution is -2.35. The first-order valence-electron chi connectivity index (χ1n) is 4.87. The van der Waals surface area contributed by atoms with Gasteiger partial charge in [0.25, 0.3) is 0 Å². The van der Waals surface area contributed by atoms with Gasteiger partial charge < -0.3 is 15.0 Å². The first-order valence-corrected chi connectivity index (χ1v) is 4.87. The number of hydrogen-bond acceptors (Lipinski definition) is 3. The molecule has 0 saturated carbocycles. The van der Waals surface area contributed by atoms with Gasteiger partial charge in [-0.15, -0.1) is 0 Å². The third-order valence-electron chi connectivity index (χ3n) is 2.63. The number of aliphatic hydroxyl groups excluding tert-OH is 1. The fraction of sp³-hybridized carbons (Fsp3) is 0.500. The van der Waals surface area contributed by atoms with Crippen LogP contribution in [-0.2, 0) is 0 Å². The van der Waals surface area contributed by atoms with Crippen LogP contribution >= 0.6 is 0 Å². The van der Waals surface area contributed by atoms with Gasteiger partial charge in [0.15, 0.2) is 6.29 Å². The molecule has 0 unspecified atom stereocenters. The molecule has 0 aliphatic carbocycles. The molecular formula is C10H14N2O2. The van der Waals surface area contributed by atoms with Crippen LogP contribution in [0.4, 0.5) is 5.82 Å². The van der Waals surface area contributed by atoms with Crippen LogP contribution in [0.1, 0.15) is 23.3 Å². The van der Waals surface area contributed by atoms with Crippen molar-refractivity contribution in [2.75, 3.05) is 18.0 Å². The van der Waals surface area contributed by atoms with Crippen molar-refractivity contribution in [1.82, 2.24) is 4.98 Å². The summed E-state index contributed by atoms with van der Waals surface area (Å²) in [5, 5.41) is 9.33. The van der Waals surface area contributed by atoms with E-state index in [4.69, 9.17) is 0 Å². The van der Waals surface area contributed by atoms with E-state index in [0.29, 0.717) is 5.69 Å². The molecule has 76 valence electrons. The van der Waals surface area contributed by atoms with Crippen molar-refractivity contribution in [1.29, 1.82) is 0 Å². The van der Waals surface area contributed by atoms with E-state index in [0.717, 1.165) is 38.0 Å². The number of carbonyl (C=O) groups excluding carboxylic acids is 1. The highest BCUT2D eigenvalue weighted by atomic mass is 16.3. The summed E-state index contributed by atoms with van der Waals surface area (Å²) in [6.45, 7) is 1.69. The monoisotopic (exact) mass is 194 g/mol. The Morgan fingerprint density at radius 1 is 1.43 bits per heavy atom. The molecule has 0 atom stereocenters. The van der Waals surface area contributed by atoms with Gasteiger partial charge in [0.2, 0.25) is 0 Å². The molecule has 1 saturated heterocycles. The van der Waals surface area contributed by atoms with Gasteiger partial charge in [-0.25, -0.2) is 0 Å². The van der Waals surface area contributed by atoms with Crippen LogP contribution in [-0.4, -0.2) is 35.6 Å². The van der Waals surface area contributed by atoms with Gasteiger partial charge in [0.05, 0.1) is 11.8 Å². The molecule has 1 fully saturated rings. The maximum atomic E-state index is 10.5. The third kappa shape index (κ3) is 1.80. The number of nitrogens with zero attached hydrogens (tertiary/aromatic N) is 1. The zero-order chi connectivity index (χ0) is 9.97. The van der Waals surface area contributed by atoms with E-state index in [-0.39, 0.29) is 6.10 Å². The number of piperidine rings is 1. The van der Waals surface area contributed by atoms with E-state index >= 15 is 0 Å². The van der Waals surface area contributed by atoms with E-state index in [1.165, 1.54) is 0 Å². The van der Waals surface area contributed by atoms with Crippen LogP contribution in [0.15, 0.2) is 12.1 Å². The SMILES string of the molecule is O=Cc1ccc(N2CCC(O)CC2)[nH]1. The Morgan fingerprint density at radius 3 is 2.71 bits per heavy atom. The fourth-order valence-electron chi connectivity index (χ4n) is 1.76. The molecule has 0 aromatic carbocycles. The Kier molecular flexibility index (Phi) is 2.54. The number of nitrogens with one attached hydrogen (secondary N) is 1. The third-order valence-corrected chi connectivity index (χ3v) is 2.63. The summed E-state index contributed by atoms with van der Waals surface area (Å²) in [5.74, 6) is 0.971. The molecule has 2 heterocycles. The molecule has 1 aliphatic rings. The van der Waals surface area contributed by atoms with Crippen LogP contribution in [0.3, 0.4) is 0 Å². The van der Waals surface area contributed by atoms with E-state index in [1.807, 2.05) is 6.07 Å². The molecule has 4 nitrogen and oxygen atoms in total. The molecule has 0 spiro atoms. The van der Waals surface area contributed by atoms with E-state index in [9.17, 15) is 9.90 Å². The number of rotatable bonds is 2. The zero-order valence-electron chi connectivity index (χ0n) is 7.94. The quantitative estimate of drug-likeness (QED) is 0.684. The lowest BCUT2D eigenvalue weighted by atomic mass is 10.1. The summed E-state index contributed by atoms with van der Waals surface area (Å²) in [4.78, 5) is 15.6. The van der Waals surface area contributed by atoms with Crippen molar-refractivity contribution in [2.45, 2.75) is 18.9 Å². The van der Waals surface area contributed by atoms with Gasteiger partial charge in [0, 0.05) is 13.1 Å². The van der Waals surface area contributed by atoms with E-state index < -0.39 is 0 Å². The molecule has 1 aromatic heterocycles. The highest BCUT2D eigenvalue weighted by molar-refractivity contribution is 5.73. The predicted molar refractivity (Wildman–Crippen MR) is 53.6 cm³/mol. The Labute approximate surface area is 82.5 Å². The molecule has 1 aliphatic heterocycles. The van der Waals surface area contributed by atoms with Crippen LogP contribution in [0.2, 0.25) is 0 Å². The largest absolute Gasteiger partial charge is 0.393 e. The number of anilines is 1. The molecular weight excluding hydrogens is 180 g/mol. The second-order valence-corrected chi connectivity index (χ2v) is 3.63. The summed E-state index contributed by atoms with van der Waals surface area (Å²) >= 11 is 0. The normalized spacial score (nSPS) is 18.5. The lowest BCUT2D eigenvalue weighted by Gasteiger charge is -2.30. The topological polar surface area (TPSA) is 56.3 Å². The van der Waals surface area contributed by atoms with Crippen molar-refractivity contribution in [3.05, 3.63) is 17.8 Å². The summed E-state index contributed by atoms with van der Waals surface area (Å²) in [5.41, 5.74) is 0.603. The molecule has 0 radical (unpaired) electrons. The highest BCUT2D eigenvalue weighted by Gasteiger charge is 2.17. The number of aromatic nitrogens is 1. The second-order valence-electron chi connectivity index (χ2n) is 3.63. The minimum atomic E-state index is -0.160. The smallest absolute Gasteiger partial charge is 0.166 e. The molecule has 14 heavy (non-hydrogen) atoms. The average Bonchev–Trinajstić information content (AvgIpc) is 2.67. The van der Waals surface area contributed by atoms with E-state index in [2.05, 4.69) is 9.88 Å². The van der Waals surface area contributed by atoms with Crippen LogP contribution in [0.25, 0.3) is 0 Å². The maximum Gasteiger partial charge on any atom is 0.166 e. The Hall–Kier alpha value is -1.29. The summed E-state index contributed by atoms with van der Waals surface area (Å²) in [7, 11) is 0. The fourth-order valence-corrected chi connectivity index (χ4v) is 1.76. The molecule has 0 bridgehead atoms. The Balaban J connectivity index is 2.04. The van der Waals surface area contributed by atoms with Crippen molar-refractivity contribution in [2.24, 2.45) is 0 Å². The Bertz CT molecular complexity index is 314. The van der Waals surface area contributed by atoms with Gasteiger partial charge in [-0.3, -0.25) is 4.79 Å². The van der Waals surface area contributed by atoms with E-state index in [1.54, 1.807) is 6.07 Å². The Morgan fingerprint density at radius 2 is 2.14 bits per heavy atom. The first-order chi connectivity index (χ1) is 6.79. The zero-order valence-corrected chi connectivity index (χ0v) is 7.94. The molecule has 2 N–H and O–H groups in total. The molecule has 4 heteroatoms. The van der Waals surface area contributed by atoms with Gasteiger partial charge in [-0.2, -0.15) is 0 Å². The number of hydrogen-bond donors (Lipinski definition) is 2. The standard InChI is InChI=1S/C10H14N2O2/c13-7-8-1-2-10(11-8)12-5-3-9(14)4-6-12/h1-2,7,9,11,14H,3-6H2. The number of aliphatic hydroxyl groups is 1. The highest BCUT2D eigenvalue weighted by Crippen LogP contribution is 2.18. The summed E-state index contributed by atoms with van der Waals surface area (Å²) in [6, 6.07) is 3.68. The number of carbonyl (C=O) groups is 1. The molecule has 2 rings (SSSR count). The minimum absolute atomic E-state index is 0.160. The average molecular weight is 194 g/mol. The van der Waals surface area contributed by atoms with Gasteiger partial charge in [-0.05, 0) is 25.0 Å². The summed E-state index contributed by atoms with van der Waals surface area (Å²) in [6.07, 6.45) is 2.25. The summed E-state index contributed by atoms with van der Waals surface area (Å²) < 4.78 is 0. The molecule has 1 aromatic rings.